The molecule has 0 N–H and O–H groups in total. The summed E-state index contributed by atoms with van der Waals surface area (Å²) < 4.78 is 0.813. The van der Waals surface area contributed by atoms with Crippen molar-refractivity contribution in [1.29, 1.82) is 0 Å². The maximum Gasteiger partial charge on any atom is 0.0600 e. The average molecular weight is 271 g/mol. The van der Waals surface area contributed by atoms with Gasteiger partial charge in [0.15, 0.2) is 0 Å². The van der Waals surface area contributed by atoms with Crippen LogP contribution in [0.1, 0.15) is 48.0 Å². The highest BCUT2D eigenvalue weighted by atomic mass is 33.1. The number of hydrogen-bond donors (Lipinski definition) is 0. The van der Waals surface area contributed by atoms with Crippen molar-refractivity contribution in [2.45, 2.75) is 57.5 Å². The molecule has 0 aromatic rings. The minimum Gasteiger partial charge on any atom is -0.0873 e. The van der Waals surface area contributed by atoms with E-state index in [9.17, 15) is 0 Å². The molecule has 0 fully saturated rings. The summed E-state index contributed by atoms with van der Waals surface area (Å²) in [7, 11) is 7.94. The minimum absolute atomic E-state index is 0.385. The predicted molar refractivity (Wildman–Crippen MR) is 79.4 cm³/mol. The molecule has 0 radical (unpaired) electrons. The largest absolute Gasteiger partial charge is 0.0873 e. The van der Waals surface area contributed by atoms with E-state index in [0.29, 0.717) is 9.49 Å². The maximum absolute atomic E-state index is 2.31. The molecule has 14 heavy (non-hydrogen) atoms. The third-order valence-electron chi connectivity index (χ3n) is 1.54. The molecule has 0 amide bonds. The molecule has 0 unspecified atom stereocenters. The molecular formula is C10H22S4. The third-order valence-corrected chi connectivity index (χ3v) is 9.08. The second kappa shape index (κ2) is 6.87. The summed E-state index contributed by atoms with van der Waals surface area (Å²) in [5, 5.41) is 1.18. The van der Waals surface area contributed by atoms with Crippen LogP contribution in [0.5, 0.6) is 0 Å². The fourth-order valence-corrected chi connectivity index (χ4v) is 6.45. The van der Waals surface area contributed by atoms with E-state index in [4.69, 9.17) is 0 Å². The van der Waals surface area contributed by atoms with E-state index in [1.807, 2.05) is 43.2 Å². The molecule has 86 valence electrons. The van der Waals surface area contributed by atoms with E-state index in [1.165, 1.54) is 11.5 Å². The molecule has 0 spiro atoms. The van der Waals surface area contributed by atoms with Gasteiger partial charge in [-0.2, -0.15) is 0 Å². The van der Waals surface area contributed by atoms with Crippen molar-refractivity contribution in [2.24, 2.45) is 0 Å². The second-order valence-electron chi connectivity index (χ2n) is 4.75. The molecule has 0 aliphatic rings. The molecule has 0 aliphatic heterocycles. The van der Waals surface area contributed by atoms with Crippen LogP contribution in [0.15, 0.2) is 0 Å². The Hall–Kier alpha value is 1.40. The zero-order chi connectivity index (χ0) is 11.2. The van der Waals surface area contributed by atoms with E-state index in [2.05, 4.69) is 41.5 Å². The minimum atomic E-state index is 0.385. The Bertz CT molecular complexity index is 149. The fourth-order valence-electron chi connectivity index (χ4n) is 0.463. The van der Waals surface area contributed by atoms with Crippen LogP contribution in [0.4, 0.5) is 0 Å². The SMILES string of the molecule is CCC(C)(C)SSCSSC(C)(C)C. The van der Waals surface area contributed by atoms with Crippen molar-refractivity contribution in [1.82, 2.24) is 0 Å². The average Bonchev–Trinajstić information content (AvgIpc) is 2.01. The zero-order valence-electron chi connectivity index (χ0n) is 10.0. The highest BCUT2D eigenvalue weighted by Crippen LogP contribution is 2.43. The highest BCUT2D eigenvalue weighted by Gasteiger charge is 2.16. The van der Waals surface area contributed by atoms with E-state index in [-0.39, 0.29) is 0 Å². The van der Waals surface area contributed by atoms with Gasteiger partial charge < -0.3 is 0 Å². The Balaban J connectivity index is 3.39. The van der Waals surface area contributed by atoms with Gasteiger partial charge in [0.25, 0.3) is 0 Å². The smallest absolute Gasteiger partial charge is 0.0600 e. The molecule has 0 aromatic carbocycles. The molecule has 0 aromatic heterocycles. The van der Waals surface area contributed by atoms with Crippen LogP contribution in [0.2, 0.25) is 0 Å². The molecular weight excluding hydrogens is 248 g/mol. The Morgan fingerprint density at radius 3 is 1.79 bits per heavy atom. The summed E-state index contributed by atoms with van der Waals surface area (Å²) in [6, 6.07) is 0. The van der Waals surface area contributed by atoms with E-state index < -0.39 is 0 Å². The van der Waals surface area contributed by atoms with Gasteiger partial charge in [0.05, 0.1) is 5.08 Å². The first kappa shape index (κ1) is 15.4. The maximum atomic E-state index is 2.31. The Morgan fingerprint density at radius 2 is 1.36 bits per heavy atom. The van der Waals surface area contributed by atoms with Crippen LogP contribution in [0.25, 0.3) is 0 Å². The van der Waals surface area contributed by atoms with Crippen molar-refractivity contribution in [3.63, 3.8) is 0 Å². The van der Waals surface area contributed by atoms with Crippen molar-refractivity contribution in [3.05, 3.63) is 0 Å². The molecule has 4 heteroatoms. The third kappa shape index (κ3) is 9.94. The first-order chi connectivity index (χ1) is 6.27. The van der Waals surface area contributed by atoms with E-state index >= 15 is 0 Å². The van der Waals surface area contributed by atoms with Gasteiger partial charge in [-0.05, 0) is 20.3 Å². The normalized spacial score (nSPS) is 13.3. The number of hydrogen-bond acceptors (Lipinski definition) is 4. The molecule has 0 rings (SSSR count). The predicted octanol–water partition coefficient (Wildman–Crippen LogP) is 5.69. The Labute approximate surface area is 105 Å². The molecule has 0 atom stereocenters. The van der Waals surface area contributed by atoms with Gasteiger partial charge in [0, 0.05) is 9.49 Å². The monoisotopic (exact) mass is 270 g/mol. The lowest BCUT2D eigenvalue weighted by molar-refractivity contribution is 0.690. The van der Waals surface area contributed by atoms with Crippen LogP contribution in [-0.2, 0) is 0 Å². The van der Waals surface area contributed by atoms with Crippen LogP contribution >= 0.6 is 43.2 Å². The van der Waals surface area contributed by atoms with E-state index in [1.54, 1.807) is 0 Å². The van der Waals surface area contributed by atoms with Crippen molar-refractivity contribution >= 4 is 43.2 Å². The molecule has 0 aliphatic carbocycles. The molecule has 0 saturated carbocycles. The summed E-state index contributed by atoms with van der Waals surface area (Å²) in [4.78, 5) is 0. The van der Waals surface area contributed by atoms with Gasteiger partial charge in [-0.1, -0.05) is 70.9 Å². The van der Waals surface area contributed by atoms with Gasteiger partial charge >= 0.3 is 0 Å². The van der Waals surface area contributed by atoms with Crippen molar-refractivity contribution in [3.8, 4) is 0 Å². The first-order valence-corrected chi connectivity index (χ1v) is 9.52. The quantitative estimate of drug-likeness (QED) is 0.345. The van der Waals surface area contributed by atoms with Gasteiger partial charge in [-0.3, -0.25) is 0 Å². The second-order valence-corrected chi connectivity index (χ2v) is 11.2. The summed E-state index contributed by atoms with van der Waals surface area (Å²) in [6.07, 6.45) is 1.24. The van der Waals surface area contributed by atoms with Crippen LogP contribution in [0.3, 0.4) is 0 Å². The molecule has 0 bridgehead atoms. The molecule has 0 heterocycles. The first-order valence-electron chi connectivity index (χ1n) is 4.88. The lowest BCUT2D eigenvalue weighted by atomic mass is 10.1. The fraction of sp³-hybridized carbons (Fsp3) is 1.00. The van der Waals surface area contributed by atoms with Gasteiger partial charge in [-0.25, -0.2) is 0 Å². The van der Waals surface area contributed by atoms with E-state index in [0.717, 1.165) is 0 Å². The van der Waals surface area contributed by atoms with Gasteiger partial charge in [0.2, 0.25) is 0 Å². The molecule has 0 saturated heterocycles. The van der Waals surface area contributed by atoms with Crippen LogP contribution < -0.4 is 0 Å². The summed E-state index contributed by atoms with van der Waals surface area (Å²) >= 11 is 0. The topological polar surface area (TPSA) is 0 Å². The van der Waals surface area contributed by atoms with Crippen molar-refractivity contribution < 1.29 is 0 Å². The van der Waals surface area contributed by atoms with Crippen LogP contribution in [0, 0.1) is 0 Å². The summed E-state index contributed by atoms with van der Waals surface area (Å²) in [5.74, 6) is 0. The zero-order valence-corrected chi connectivity index (χ0v) is 13.3. The lowest BCUT2D eigenvalue weighted by Gasteiger charge is -2.21. The lowest BCUT2D eigenvalue weighted by Crippen LogP contribution is -2.10. The summed E-state index contributed by atoms with van der Waals surface area (Å²) in [6.45, 7) is 13.7. The van der Waals surface area contributed by atoms with Crippen molar-refractivity contribution in [2.75, 3.05) is 5.08 Å². The number of rotatable bonds is 6. The van der Waals surface area contributed by atoms with Gasteiger partial charge in [0.1, 0.15) is 0 Å². The molecule has 0 nitrogen and oxygen atoms in total. The standard InChI is InChI=1S/C10H22S4/c1-7-10(5,6)14-12-8-11-13-9(2,3)4/h7-8H2,1-6H3. The Morgan fingerprint density at radius 1 is 0.857 bits per heavy atom. The van der Waals surface area contributed by atoms with Gasteiger partial charge in [-0.15, -0.1) is 0 Å². The highest BCUT2D eigenvalue weighted by molar-refractivity contribution is 8.85. The Kier molecular flexibility index (Phi) is 7.56. The van der Waals surface area contributed by atoms with Crippen LogP contribution in [-0.4, -0.2) is 14.6 Å². The summed E-state index contributed by atoms with van der Waals surface area (Å²) in [5.41, 5.74) is 0.